The Hall–Kier alpha value is -1.25. The fraction of sp³-hybridized carbons (Fsp3) is 0.545. The molecule has 1 fully saturated rings. The van der Waals surface area contributed by atoms with E-state index in [1.54, 1.807) is 6.07 Å². The van der Waals surface area contributed by atoms with Crippen molar-refractivity contribution < 1.29 is 9.21 Å². The number of hydrogen-bond acceptors (Lipinski definition) is 3. The second-order valence-electron chi connectivity index (χ2n) is 3.94. The predicted octanol–water partition coefficient (Wildman–Crippen LogP) is 2.62. The average molecular weight is 193 g/mol. The van der Waals surface area contributed by atoms with Gasteiger partial charge < -0.3 is 10.2 Å². The van der Waals surface area contributed by atoms with Crippen molar-refractivity contribution >= 4 is 11.5 Å². The molecule has 1 aromatic rings. The topological polar surface area (TPSA) is 56.2 Å². The second kappa shape index (κ2) is 3.86. The summed E-state index contributed by atoms with van der Waals surface area (Å²) in [5.74, 6) is 0.713. The summed E-state index contributed by atoms with van der Waals surface area (Å²) in [5, 5.41) is 0. The van der Waals surface area contributed by atoms with E-state index in [4.69, 9.17) is 10.2 Å². The summed E-state index contributed by atoms with van der Waals surface area (Å²) in [7, 11) is 0. The molecule has 0 atom stereocenters. The maximum atomic E-state index is 11.9. The first-order chi connectivity index (χ1) is 6.77. The van der Waals surface area contributed by atoms with Crippen LogP contribution >= 0.6 is 0 Å². The lowest BCUT2D eigenvalue weighted by molar-refractivity contribution is 0.0860. The highest BCUT2D eigenvalue weighted by Crippen LogP contribution is 2.27. The Labute approximate surface area is 83.3 Å². The normalized spacial score (nSPS) is 18.3. The lowest BCUT2D eigenvalue weighted by Crippen LogP contribution is -2.17. The molecule has 2 rings (SSSR count). The molecule has 0 aromatic carbocycles. The maximum absolute atomic E-state index is 11.9. The van der Waals surface area contributed by atoms with E-state index in [2.05, 4.69) is 0 Å². The first kappa shape index (κ1) is 9.31. The average Bonchev–Trinajstić information content (AvgIpc) is 2.65. The number of Topliss-reactive ketones (excluding diaryl/α,β-unsaturated/α-hetero) is 1. The number of carbonyl (C=O) groups excluding carboxylic acids is 1. The van der Waals surface area contributed by atoms with Crippen LogP contribution in [0.5, 0.6) is 0 Å². The minimum absolute atomic E-state index is 0.126. The number of anilines is 1. The highest BCUT2D eigenvalue weighted by atomic mass is 16.3. The Morgan fingerprint density at radius 2 is 2.07 bits per heavy atom. The first-order valence-electron chi connectivity index (χ1n) is 5.15. The summed E-state index contributed by atoms with van der Waals surface area (Å²) >= 11 is 0. The summed E-state index contributed by atoms with van der Waals surface area (Å²) in [6, 6.07) is 1.62. The summed E-state index contributed by atoms with van der Waals surface area (Å²) in [4.78, 5) is 11.9. The molecule has 14 heavy (non-hydrogen) atoms. The molecule has 3 nitrogen and oxygen atoms in total. The molecule has 1 heterocycles. The van der Waals surface area contributed by atoms with E-state index >= 15 is 0 Å². The zero-order chi connectivity index (χ0) is 9.97. The van der Waals surface area contributed by atoms with Gasteiger partial charge in [-0.25, -0.2) is 0 Å². The fourth-order valence-electron chi connectivity index (χ4n) is 2.05. The number of hydrogen-bond donors (Lipinski definition) is 1. The predicted molar refractivity (Wildman–Crippen MR) is 54.0 cm³/mol. The number of ketones is 1. The van der Waals surface area contributed by atoms with E-state index in [1.165, 1.54) is 12.7 Å². The van der Waals surface area contributed by atoms with Gasteiger partial charge in [-0.3, -0.25) is 4.79 Å². The number of nitrogens with two attached hydrogens (primary N) is 1. The third kappa shape index (κ3) is 1.81. The molecule has 1 aliphatic carbocycles. The molecule has 0 amide bonds. The van der Waals surface area contributed by atoms with Gasteiger partial charge >= 0.3 is 0 Å². The van der Waals surface area contributed by atoms with Crippen LogP contribution < -0.4 is 5.73 Å². The van der Waals surface area contributed by atoms with Crippen molar-refractivity contribution in [2.75, 3.05) is 5.73 Å². The molecule has 0 saturated heterocycles. The van der Waals surface area contributed by atoms with E-state index in [0.717, 1.165) is 25.7 Å². The summed E-state index contributed by atoms with van der Waals surface area (Å²) in [6.45, 7) is 0. The molecule has 3 heteroatoms. The van der Waals surface area contributed by atoms with Crippen LogP contribution in [0.2, 0.25) is 0 Å². The smallest absolute Gasteiger partial charge is 0.201 e. The molecule has 0 aliphatic heterocycles. The Balaban J connectivity index is 2.07. The van der Waals surface area contributed by atoms with Crippen molar-refractivity contribution in [2.24, 2.45) is 5.92 Å². The van der Waals surface area contributed by atoms with E-state index in [0.29, 0.717) is 11.4 Å². The van der Waals surface area contributed by atoms with Crippen molar-refractivity contribution in [3.05, 3.63) is 18.1 Å². The van der Waals surface area contributed by atoms with Gasteiger partial charge in [-0.15, -0.1) is 0 Å². The van der Waals surface area contributed by atoms with Gasteiger partial charge in [0.15, 0.2) is 5.76 Å². The number of nitrogen functional groups attached to an aromatic ring is 1. The molecular weight excluding hydrogens is 178 g/mol. The summed E-state index contributed by atoms with van der Waals surface area (Å²) in [6.07, 6.45) is 7.00. The third-order valence-corrected chi connectivity index (χ3v) is 2.84. The van der Waals surface area contributed by atoms with Crippen molar-refractivity contribution in [3.63, 3.8) is 0 Å². The van der Waals surface area contributed by atoms with Crippen LogP contribution in [0.4, 0.5) is 5.69 Å². The molecule has 0 spiro atoms. The molecule has 0 unspecified atom stereocenters. The van der Waals surface area contributed by atoms with Gasteiger partial charge in [0.25, 0.3) is 0 Å². The van der Waals surface area contributed by atoms with E-state index in [1.807, 2.05) is 0 Å². The van der Waals surface area contributed by atoms with Gasteiger partial charge in [0.2, 0.25) is 5.78 Å². The first-order valence-corrected chi connectivity index (χ1v) is 5.15. The van der Waals surface area contributed by atoms with Crippen LogP contribution in [-0.2, 0) is 0 Å². The monoisotopic (exact) mass is 193 g/mol. The van der Waals surface area contributed by atoms with Gasteiger partial charge in [-0.05, 0) is 12.8 Å². The van der Waals surface area contributed by atoms with Crippen molar-refractivity contribution in [2.45, 2.75) is 32.1 Å². The lowest BCUT2D eigenvalue weighted by Gasteiger charge is -2.18. The molecule has 1 aliphatic rings. The summed E-state index contributed by atoms with van der Waals surface area (Å²) in [5.41, 5.74) is 6.03. The van der Waals surface area contributed by atoms with Crippen LogP contribution in [-0.4, -0.2) is 5.78 Å². The lowest BCUT2D eigenvalue weighted by atomic mass is 9.85. The minimum Gasteiger partial charge on any atom is -0.459 e. The number of rotatable bonds is 2. The zero-order valence-corrected chi connectivity index (χ0v) is 8.16. The minimum atomic E-state index is 0.126. The third-order valence-electron chi connectivity index (χ3n) is 2.84. The molecule has 0 bridgehead atoms. The molecule has 76 valence electrons. The van der Waals surface area contributed by atoms with Gasteiger partial charge in [0.1, 0.15) is 6.26 Å². The Morgan fingerprint density at radius 3 is 2.64 bits per heavy atom. The van der Waals surface area contributed by atoms with Gasteiger partial charge in [0, 0.05) is 12.0 Å². The standard InChI is InChI=1S/C11H15NO2/c12-9-6-10(14-7-9)11(13)8-4-2-1-3-5-8/h6-8H,1-5,12H2. The Bertz CT molecular complexity index is 324. The van der Waals surface area contributed by atoms with Crippen LogP contribution in [0.15, 0.2) is 16.7 Å². The molecule has 2 N–H and O–H groups in total. The van der Waals surface area contributed by atoms with E-state index in [9.17, 15) is 4.79 Å². The molecule has 1 aromatic heterocycles. The maximum Gasteiger partial charge on any atom is 0.201 e. The van der Waals surface area contributed by atoms with Crippen LogP contribution in [0.3, 0.4) is 0 Å². The summed E-state index contributed by atoms with van der Waals surface area (Å²) < 4.78 is 5.10. The van der Waals surface area contributed by atoms with Crippen molar-refractivity contribution in [3.8, 4) is 0 Å². The van der Waals surface area contributed by atoms with Gasteiger partial charge in [-0.1, -0.05) is 19.3 Å². The van der Waals surface area contributed by atoms with Gasteiger partial charge in [-0.2, -0.15) is 0 Å². The van der Waals surface area contributed by atoms with E-state index in [-0.39, 0.29) is 11.7 Å². The Kier molecular flexibility index (Phi) is 2.57. The van der Waals surface area contributed by atoms with Gasteiger partial charge in [0.05, 0.1) is 5.69 Å². The molecule has 1 saturated carbocycles. The van der Waals surface area contributed by atoms with Crippen molar-refractivity contribution in [1.29, 1.82) is 0 Å². The highest BCUT2D eigenvalue weighted by molar-refractivity contribution is 5.96. The quantitative estimate of drug-likeness (QED) is 0.734. The SMILES string of the molecule is Nc1coc(C(=O)C2CCCCC2)c1. The van der Waals surface area contributed by atoms with Crippen LogP contribution in [0.25, 0.3) is 0 Å². The van der Waals surface area contributed by atoms with Crippen molar-refractivity contribution in [1.82, 2.24) is 0 Å². The molecule has 0 radical (unpaired) electrons. The number of carbonyl (C=O) groups is 1. The van der Waals surface area contributed by atoms with E-state index < -0.39 is 0 Å². The fourth-order valence-corrected chi connectivity index (χ4v) is 2.05. The van der Waals surface area contributed by atoms with Crippen LogP contribution in [0.1, 0.15) is 42.7 Å². The molecular formula is C11H15NO2. The second-order valence-corrected chi connectivity index (χ2v) is 3.94. The number of furan rings is 1. The largest absolute Gasteiger partial charge is 0.459 e. The Morgan fingerprint density at radius 1 is 1.36 bits per heavy atom. The highest BCUT2D eigenvalue weighted by Gasteiger charge is 2.24. The van der Waals surface area contributed by atoms with Crippen LogP contribution in [0, 0.1) is 5.92 Å². The zero-order valence-electron chi connectivity index (χ0n) is 8.16.